The van der Waals surface area contributed by atoms with Gasteiger partial charge in [-0.25, -0.2) is 9.59 Å². The van der Waals surface area contributed by atoms with Gasteiger partial charge in [0.05, 0.1) is 0 Å². The molecule has 0 heterocycles. The summed E-state index contributed by atoms with van der Waals surface area (Å²) in [5.41, 5.74) is -0.451. The highest BCUT2D eigenvalue weighted by Gasteiger charge is 2.13. The third kappa shape index (κ3) is 13.0. The molecule has 0 atom stereocenters. The van der Waals surface area contributed by atoms with Crippen LogP contribution in [0.3, 0.4) is 0 Å². The van der Waals surface area contributed by atoms with Gasteiger partial charge >= 0.3 is 12.1 Å². The monoisotopic (exact) mass is 286 g/mol. The molecule has 0 bridgehead atoms. The summed E-state index contributed by atoms with van der Waals surface area (Å²) in [6.45, 7) is 12.8. The molecule has 6 heteroatoms. The highest BCUT2D eigenvalue weighted by atomic mass is 16.2. The molecule has 0 aliphatic rings. The Bertz CT molecular complexity index is 284. The lowest BCUT2D eigenvalue weighted by atomic mass is 10.1. The second kappa shape index (κ2) is 7.97. The van der Waals surface area contributed by atoms with Gasteiger partial charge in [0.25, 0.3) is 0 Å². The minimum Gasteiger partial charge on any atom is -0.338 e. The van der Waals surface area contributed by atoms with E-state index >= 15 is 0 Å². The number of carbonyl (C=O) groups excluding carboxylic acids is 2. The van der Waals surface area contributed by atoms with E-state index < -0.39 is 0 Å². The van der Waals surface area contributed by atoms with E-state index in [1.54, 1.807) is 0 Å². The predicted molar refractivity (Wildman–Crippen MR) is 81.8 cm³/mol. The summed E-state index contributed by atoms with van der Waals surface area (Å²) in [6, 6.07) is -0.313. The minimum atomic E-state index is -0.226. The molecular weight excluding hydrogens is 256 g/mol. The zero-order chi connectivity index (χ0) is 15.8. The van der Waals surface area contributed by atoms with Crippen LogP contribution < -0.4 is 21.3 Å². The second-order valence-corrected chi connectivity index (χ2v) is 6.97. The molecule has 0 unspecified atom stereocenters. The van der Waals surface area contributed by atoms with Crippen molar-refractivity contribution < 1.29 is 9.59 Å². The van der Waals surface area contributed by atoms with Crippen LogP contribution in [0.25, 0.3) is 0 Å². The van der Waals surface area contributed by atoms with Crippen molar-refractivity contribution in [1.82, 2.24) is 21.3 Å². The lowest BCUT2D eigenvalue weighted by Gasteiger charge is -2.21. The Morgan fingerprint density at radius 2 is 1.00 bits per heavy atom. The molecule has 0 aromatic rings. The number of nitrogens with one attached hydrogen (secondary N) is 4. The van der Waals surface area contributed by atoms with E-state index in [2.05, 4.69) is 21.3 Å². The fourth-order valence-corrected chi connectivity index (χ4v) is 1.42. The standard InChI is InChI=1S/C14H30N4O2/c1-13(2,3)17-11(19)15-9-7-8-10-16-12(20)18-14(4,5)6/h7-10H2,1-6H3,(H2,15,17,19)(H2,16,18,20). The summed E-state index contributed by atoms with van der Waals surface area (Å²) in [5.74, 6) is 0. The molecule has 0 aromatic carbocycles. The van der Waals surface area contributed by atoms with E-state index in [0.29, 0.717) is 13.1 Å². The van der Waals surface area contributed by atoms with Gasteiger partial charge in [0.15, 0.2) is 0 Å². The summed E-state index contributed by atoms with van der Waals surface area (Å²) in [7, 11) is 0. The molecule has 6 nitrogen and oxygen atoms in total. The first-order valence-corrected chi connectivity index (χ1v) is 7.12. The molecule has 0 aliphatic carbocycles. The Hall–Kier alpha value is -1.46. The van der Waals surface area contributed by atoms with Gasteiger partial charge in [0.1, 0.15) is 0 Å². The Kier molecular flexibility index (Phi) is 7.39. The van der Waals surface area contributed by atoms with E-state index in [0.717, 1.165) is 12.8 Å². The predicted octanol–water partition coefficient (Wildman–Crippen LogP) is 1.96. The van der Waals surface area contributed by atoms with Crippen molar-refractivity contribution in [3.05, 3.63) is 0 Å². The van der Waals surface area contributed by atoms with Crippen LogP contribution in [0.4, 0.5) is 9.59 Å². The maximum absolute atomic E-state index is 11.5. The summed E-state index contributed by atoms with van der Waals surface area (Å²) < 4.78 is 0. The molecule has 0 radical (unpaired) electrons. The first-order valence-electron chi connectivity index (χ1n) is 7.12. The quantitative estimate of drug-likeness (QED) is 0.583. The van der Waals surface area contributed by atoms with Gasteiger partial charge < -0.3 is 21.3 Å². The highest BCUT2D eigenvalue weighted by Crippen LogP contribution is 1.98. The van der Waals surface area contributed by atoms with Crippen molar-refractivity contribution in [2.75, 3.05) is 13.1 Å². The Morgan fingerprint density at radius 3 is 1.25 bits per heavy atom. The molecular formula is C14H30N4O2. The fraction of sp³-hybridized carbons (Fsp3) is 0.857. The second-order valence-electron chi connectivity index (χ2n) is 6.97. The van der Waals surface area contributed by atoms with Crippen molar-refractivity contribution >= 4 is 12.1 Å². The lowest BCUT2D eigenvalue weighted by Crippen LogP contribution is -2.47. The van der Waals surface area contributed by atoms with E-state index in [-0.39, 0.29) is 23.1 Å². The van der Waals surface area contributed by atoms with Crippen molar-refractivity contribution in [3.8, 4) is 0 Å². The van der Waals surface area contributed by atoms with Crippen molar-refractivity contribution in [1.29, 1.82) is 0 Å². The maximum atomic E-state index is 11.5. The fourth-order valence-electron chi connectivity index (χ4n) is 1.42. The molecule has 0 rings (SSSR count). The Balaban J connectivity index is 3.54. The zero-order valence-corrected chi connectivity index (χ0v) is 13.6. The van der Waals surface area contributed by atoms with Gasteiger partial charge in [-0.15, -0.1) is 0 Å². The van der Waals surface area contributed by atoms with Crippen LogP contribution in [-0.4, -0.2) is 36.2 Å². The first-order chi connectivity index (χ1) is 8.99. The summed E-state index contributed by atoms with van der Waals surface area (Å²) in [6.07, 6.45) is 1.65. The molecule has 0 saturated heterocycles. The highest BCUT2D eigenvalue weighted by molar-refractivity contribution is 5.75. The first kappa shape index (κ1) is 18.5. The number of rotatable bonds is 5. The van der Waals surface area contributed by atoms with Gasteiger partial charge in [-0.05, 0) is 54.4 Å². The lowest BCUT2D eigenvalue weighted by molar-refractivity contribution is 0.229. The molecule has 20 heavy (non-hydrogen) atoms. The van der Waals surface area contributed by atoms with E-state index in [4.69, 9.17) is 0 Å². The van der Waals surface area contributed by atoms with Crippen LogP contribution in [0, 0.1) is 0 Å². The van der Waals surface area contributed by atoms with E-state index in [1.165, 1.54) is 0 Å². The topological polar surface area (TPSA) is 82.3 Å². The molecule has 118 valence electrons. The number of urea groups is 2. The van der Waals surface area contributed by atoms with Crippen LogP contribution in [-0.2, 0) is 0 Å². The molecule has 4 amide bonds. The third-order valence-corrected chi connectivity index (χ3v) is 2.15. The van der Waals surface area contributed by atoms with E-state index in [9.17, 15) is 9.59 Å². The summed E-state index contributed by atoms with van der Waals surface area (Å²) >= 11 is 0. The van der Waals surface area contributed by atoms with Gasteiger partial charge in [-0.3, -0.25) is 0 Å². The summed E-state index contributed by atoms with van der Waals surface area (Å²) in [5, 5.41) is 11.2. The Labute approximate surface area is 122 Å². The average Bonchev–Trinajstić information content (AvgIpc) is 2.17. The number of hydrogen-bond donors (Lipinski definition) is 4. The van der Waals surface area contributed by atoms with Crippen LogP contribution in [0.2, 0.25) is 0 Å². The molecule has 0 fully saturated rings. The normalized spacial score (nSPS) is 11.7. The van der Waals surface area contributed by atoms with Crippen LogP contribution >= 0.6 is 0 Å². The van der Waals surface area contributed by atoms with Crippen molar-refractivity contribution in [2.24, 2.45) is 0 Å². The van der Waals surface area contributed by atoms with Crippen LogP contribution in [0.15, 0.2) is 0 Å². The summed E-state index contributed by atoms with van der Waals surface area (Å²) in [4.78, 5) is 22.9. The number of amides is 4. The van der Waals surface area contributed by atoms with E-state index in [1.807, 2.05) is 41.5 Å². The zero-order valence-electron chi connectivity index (χ0n) is 13.6. The average molecular weight is 286 g/mol. The largest absolute Gasteiger partial charge is 0.338 e. The Morgan fingerprint density at radius 1 is 0.700 bits per heavy atom. The van der Waals surface area contributed by atoms with Gasteiger partial charge in [-0.2, -0.15) is 0 Å². The SMILES string of the molecule is CC(C)(C)NC(=O)NCCCCNC(=O)NC(C)(C)C. The van der Waals surface area contributed by atoms with Crippen LogP contribution in [0.1, 0.15) is 54.4 Å². The van der Waals surface area contributed by atoms with Gasteiger partial charge in [-0.1, -0.05) is 0 Å². The van der Waals surface area contributed by atoms with Crippen molar-refractivity contribution in [2.45, 2.75) is 65.5 Å². The smallest absolute Gasteiger partial charge is 0.315 e. The number of carbonyl (C=O) groups is 2. The molecule has 0 aliphatic heterocycles. The van der Waals surface area contributed by atoms with Gasteiger partial charge in [0.2, 0.25) is 0 Å². The minimum absolute atomic E-state index is 0.157. The molecule has 0 aromatic heterocycles. The molecule has 4 N–H and O–H groups in total. The number of unbranched alkanes of at least 4 members (excludes halogenated alkanes) is 1. The third-order valence-electron chi connectivity index (χ3n) is 2.15. The number of hydrogen-bond acceptors (Lipinski definition) is 2. The molecule has 0 saturated carbocycles. The van der Waals surface area contributed by atoms with Crippen LogP contribution in [0.5, 0.6) is 0 Å². The van der Waals surface area contributed by atoms with Gasteiger partial charge in [0, 0.05) is 24.2 Å². The maximum Gasteiger partial charge on any atom is 0.315 e. The molecule has 0 spiro atoms. The van der Waals surface area contributed by atoms with Crippen molar-refractivity contribution in [3.63, 3.8) is 0 Å².